The minimum absolute atomic E-state index is 0.0330. The molecular weight excluding hydrogens is 535 g/mol. The van der Waals surface area contributed by atoms with Gasteiger partial charge in [-0.1, -0.05) is 66.7 Å². The summed E-state index contributed by atoms with van der Waals surface area (Å²) in [5, 5.41) is 3.23. The van der Waals surface area contributed by atoms with Crippen molar-refractivity contribution in [2.45, 2.75) is 19.4 Å². The first-order chi connectivity index (χ1) is 20.5. The number of ether oxygens (including phenoxy) is 3. The van der Waals surface area contributed by atoms with Crippen LogP contribution in [0.3, 0.4) is 0 Å². The molecule has 0 unspecified atom stereocenters. The van der Waals surface area contributed by atoms with Gasteiger partial charge in [0.1, 0.15) is 12.4 Å². The lowest BCUT2D eigenvalue weighted by atomic mass is 10.1. The summed E-state index contributed by atoms with van der Waals surface area (Å²) in [7, 11) is 1.54. The van der Waals surface area contributed by atoms with Gasteiger partial charge < -0.3 is 19.5 Å². The van der Waals surface area contributed by atoms with Gasteiger partial charge in [-0.15, -0.1) is 0 Å². The number of ketones is 1. The van der Waals surface area contributed by atoms with Crippen molar-refractivity contribution in [3.63, 3.8) is 0 Å². The first kappa shape index (κ1) is 28.3. The minimum atomic E-state index is -0.698. The Morgan fingerprint density at radius 1 is 0.786 bits per heavy atom. The fraction of sp³-hybridized carbons (Fsp3) is 0.147. The number of aromatic nitrogens is 1. The van der Waals surface area contributed by atoms with E-state index in [1.54, 1.807) is 30.5 Å². The molecule has 1 N–H and O–H groups in total. The van der Waals surface area contributed by atoms with Gasteiger partial charge in [-0.05, 0) is 47.4 Å². The third-order valence-corrected chi connectivity index (χ3v) is 6.60. The summed E-state index contributed by atoms with van der Waals surface area (Å²) in [5.41, 5.74) is 3.01. The highest BCUT2D eigenvalue weighted by Crippen LogP contribution is 2.38. The molecule has 0 aliphatic carbocycles. The predicted octanol–water partition coefficient (Wildman–Crippen LogP) is 6.22. The van der Waals surface area contributed by atoms with Gasteiger partial charge in [-0.25, -0.2) is 4.39 Å². The van der Waals surface area contributed by atoms with Gasteiger partial charge >= 0.3 is 0 Å². The Morgan fingerprint density at radius 2 is 1.52 bits per heavy atom. The van der Waals surface area contributed by atoms with Gasteiger partial charge in [-0.3, -0.25) is 14.6 Å². The summed E-state index contributed by atoms with van der Waals surface area (Å²) in [6.07, 6.45) is 1.94. The Morgan fingerprint density at radius 3 is 2.24 bits per heavy atom. The summed E-state index contributed by atoms with van der Waals surface area (Å²) in [4.78, 5) is 29.1. The number of pyridine rings is 1. The van der Waals surface area contributed by atoms with E-state index in [0.717, 1.165) is 11.1 Å². The number of nitrogens with zero attached hydrogens (tertiary/aromatic N) is 1. The number of Topliss-reactive ketones (excluding diaryl/α,β-unsaturated/α-hetero) is 1. The topological polar surface area (TPSA) is 86.8 Å². The Hall–Kier alpha value is -5.24. The number of methoxy groups -OCH3 is 1. The highest BCUT2D eigenvalue weighted by atomic mass is 19.1. The van der Waals surface area contributed by atoms with Crippen molar-refractivity contribution >= 4 is 22.6 Å². The maximum atomic E-state index is 15.1. The fourth-order valence-corrected chi connectivity index (χ4v) is 4.41. The molecule has 5 aromatic rings. The zero-order valence-corrected chi connectivity index (χ0v) is 23.0. The van der Waals surface area contributed by atoms with Gasteiger partial charge in [-0.2, -0.15) is 0 Å². The molecule has 0 atom stereocenters. The largest absolute Gasteiger partial charge is 0.493 e. The SMILES string of the molecule is COc1cc2c(Oc3ccc(CC(=O)C(=O)NCCc4ccccc4)cc3F)ccnc2cc1OCc1ccccc1. The van der Waals surface area contributed by atoms with Crippen LogP contribution in [-0.2, 0) is 29.0 Å². The highest BCUT2D eigenvalue weighted by molar-refractivity contribution is 6.36. The molecule has 212 valence electrons. The van der Waals surface area contributed by atoms with Gasteiger partial charge in [0.05, 0.1) is 12.6 Å². The van der Waals surface area contributed by atoms with Crippen LogP contribution in [0.15, 0.2) is 103 Å². The van der Waals surface area contributed by atoms with E-state index < -0.39 is 17.5 Å². The van der Waals surface area contributed by atoms with Crippen LogP contribution in [0, 0.1) is 5.82 Å². The van der Waals surface area contributed by atoms with Crippen molar-refractivity contribution in [2.75, 3.05) is 13.7 Å². The predicted molar refractivity (Wildman–Crippen MR) is 157 cm³/mol. The molecule has 0 radical (unpaired) electrons. The van der Waals surface area contributed by atoms with Crippen LogP contribution in [-0.4, -0.2) is 30.3 Å². The van der Waals surface area contributed by atoms with Gasteiger partial charge in [0.15, 0.2) is 23.1 Å². The van der Waals surface area contributed by atoms with E-state index in [1.165, 1.54) is 19.2 Å². The van der Waals surface area contributed by atoms with E-state index >= 15 is 4.39 Å². The van der Waals surface area contributed by atoms with Crippen LogP contribution < -0.4 is 19.5 Å². The summed E-state index contributed by atoms with van der Waals surface area (Å²) in [5.74, 6) is -0.674. The van der Waals surface area contributed by atoms with Crippen LogP contribution >= 0.6 is 0 Å². The lowest BCUT2D eigenvalue weighted by molar-refractivity contribution is -0.137. The van der Waals surface area contributed by atoms with E-state index in [2.05, 4.69) is 10.3 Å². The minimum Gasteiger partial charge on any atom is -0.493 e. The number of halogens is 1. The van der Waals surface area contributed by atoms with Crippen LogP contribution in [0.4, 0.5) is 4.39 Å². The first-order valence-corrected chi connectivity index (χ1v) is 13.4. The second-order valence-electron chi connectivity index (χ2n) is 9.56. The number of nitrogens with one attached hydrogen (secondary N) is 1. The maximum absolute atomic E-state index is 15.1. The molecule has 0 aliphatic rings. The zero-order chi connectivity index (χ0) is 29.3. The van der Waals surface area contributed by atoms with E-state index in [1.807, 2.05) is 60.7 Å². The van der Waals surface area contributed by atoms with Crippen LogP contribution in [0.5, 0.6) is 23.0 Å². The van der Waals surface area contributed by atoms with Crippen molar-refractivity contribution in [1.82, 2.24) is 10.3 Å². The second-order valence-corrected chi connectivity index (χ2v) is 9.56. The van der Waals surface area contributed by atoms with Crippen LogP contribution in [0.1, 0.15) is 16.7 Å². The quantitative estimate of drug-likeness (QED) is 0.181. The highest BCUT2D eigenvalue weighted by Gasteiger charge is 2.17. The van der Waals surface area contributed by atoms with E-state index in [9.17, 15) is 9.59 Å². The molecule has 4 aromatic carbocycles. The molecule has 0 spiro atoms. The molecule has 1 heterocycles. The standard InChI is InChI=1S/C34H29FN2O5/c1-40-32-20-26-28(21-33(32)41-22-24-10-6-3-7-11-24)36-17-15-30(26)42-31-13-12-25(18-27(31)35)19-29(38)34(39)37-16-14-23-8-4-2-5-9-23/h2-13,15,17-18,20-21H,14,16,19,22H2,1H3,(H,37,39). The number of hydrogen-bond donors (Lipinski definition) is 1. The molecular formula is C34H29FN2O5. The molecule has 0 saturated carbocycles. The first-order valence-electron chi connectivity index (χ1n) is 13.4. The summed E-state index contributed by atoms with van der Waals surface area (Å²) < 4.78 is 32.5. The number of rotatable bonds is 12. The van der Waals surface area contributed by atoms with Gasteiger partial charge in [0, 0.05) is 30.6 Å². The maximum Gasteiger partial charge on any atom is 0.287 e. The molecule has 5 rings (SSSR count). The van der Waals surface area contributed by atoms with Gasteiger partial charge in [0.2, 0.25) is 5.78 Å². The van der Waals surface area contributed by atoms with Crippen molar-refractivity contribution in [3.8, 4) is 23.0 Å². The molecule has 8 heteroatoms. The van der Waals surface area contributed by atoms with E-state index in [4.69, 9.17) is 14.2 Å². The number of carbonyl (C=O) groups is 2. The van der Waals surface area contributed by atoms with Crippen molar-refractivity contribution in [2.24, 2.45) is 0 Å². The third-order valence-electron chi connectivity index (χ3n) is 6.60. The van der Waals surface area contributed by atoms with Crippen molar-refractivity contribution < 1.29 is 28.2 Å². The lowest BCUT2D eigenvalue weighted by Crippen LogP contribution is -2.33. The van der Waals surface area contributed by atoms with Crippen molar-refractivity contribution in [3.05, 3.63) is 126 Å². The van der Waals surface area contributed by atoms with E-state index in [-0.39, 0.29) is 12.2 Å². The molecule has 42 heavy (non-hydrogen) atoms. The summed E-state index contributed by atoms with van der Waals surface area (Å²) in [6.45, 7) is 0.690. The number of hydrogen-bond acceptors (Lipinski definition) is 6. The Balaban J connectivity index is 1.24. The summed E-state index contributed by atoms with van der Waals surface area (Å²) >= 11 is 0. The zero-order valence-electron chi connectivity index (χ0n) is 23.0. The normalized spacial score (nSPS) is 10.7. The Kier molecular flexibility index (Phi) is 9.03. The van der Waals surface area contributed by atoms with E-state index in [0.29, 0.717) is 53.3 Å². The van der Waals surface area contributed by atoms with Crippen LogP contribution in [0.2, 0.25) is 0 Å². The average molecular weight is 565 g/mol. The Bertz CT molecular complexity index is 1690. The number of carbonyl (C=O) groups excluding carboxylic acids is 2. The smallest absolute Gasteiger partial charge is 0.287 e. The second kappa shape index (κ2) is 13.4. The number of fused-ring (bicyclic) bond motifs is 1. The molecule has 0 bridgehead atoms. The molecule has 1 amide bonds. The molecule has 0 aliphatic heterocycles. The average Bonchev–Trinajstić information content (AvgIpc) is 3.02. The summed E-state index contributed by atoms with van der Waals surface area (Å²) in [6, 6.07) is 28.7. The van der Waals surface area contributed by atoms with Crippen molar-refractivity contribution in [1.29, 1.82) is 0 Å². The third kappa shape index (κ3) is 7.09. The monoisotopic (exact) mass is 564 g/mol. The number of amides is 1. The molecule has 1 aromatic heterocycles. The lowest BCUT2D eigenvalue weighted by Gasteiger charge is -2.14. The Labute approximate surface area is 242 Å². The van der Waals surface area contributed by atoms with Gasteiger partial charge in [0.25, 0.3) is 5.91 Å². The molecule has 7 nitrogen and oxygen atoms in total. The molecule has 0 fully saturated rings. The molecule has 0 saturated heterocycles. The van der Waals surface area contributed by atoms with Crippen LogP contribution in [0.25, 0.3) is 10.9 Å². The fourth-order valence-electron chi connectivity index (χ4n) is 4.41. The number of benzene rings is 4.